The van der Waals surface area contributed by atoms with Crippen molar-refractivity contribution >= 4 is 17.1 Å². The van der Waals surface area contributed by atoms with Crippen LogP contribution in [-0.4, -0.2) is 0 Å². The minimum absolute atomic E-state index is 0.0925. The summed E-state index contributed by atoms with van der Waals surface area (Å²) >= 11 is 0. The topological polar surface area (TPSA) is 3.24 Å². The molecule has 1 heteroatoms. The van der Waals surface area contributed by atoms with Crippen molar-refractivity contribution in [2.45, 2.75) is 116 Å². The van der Waals surface area contributed by atoms with E-state index in [1.54, 1.807) is 0 Å². The van der Waals surface area contributed by atoms with Crippen molar-refractivity contribution in [2.24, 2.45) is 0 Å². The minimum atomic E-state index is -0.121. The molecule has 0 spiro atoms. The second-order valence-electron chi connectivity index (χ2n) is 19.5. The standard InChI is InChI=1S/C54H55N/c1-51(2)27-28-52(3,4)49-30-36(22-26-46(49)51)42-32-43-40-18-12-14-20-45(40)54(7,8)48(43)33-50(42)55(37-23-21-34-15-9-10-16-35(34)29-37)38-24-25-41-39-17-11-13-19-44(39)53(5,6)47(41)31-38/h11-14,17-26,29-33H,9-10,15-16,27-28H2,1-8H3. The molecule has 0 saturated heterocycles. The highest BCUT2D eigenvalue weighted by atomic mass is 15.1. The molecule has 4 aliphatic carbocycles. The molecule has 0 unspecified atom stereocenters. The van der Waals surface area contributed by atoms with Gasteiger partial charge >= 0.3 is 0 Å². The molecule has 0 aliphatic heterocycles. The molecular weight excluding hydrogens is 663 g/mol. The zero-order valence-electron chi connectivity index (χ0n) is 34.2. The number of aryl methyl sites for hydroxylation is 2. The molecular formula is C54H55N. The van der Waals surface area contributed by atoms with Gasteiger partial charge in [0, 0.05) is 27.8 Å². The Morgan fingerprint density at radius 3 is 1.67 bits per heavy atom. The molecule has 0 N–H and O–H groups in total. The highest BCUT2D eigenvalue weighted by Crippen LogP contribution is 2.56. The van der Waals surface area contributed by atoms with E-state index < -0.39 is 0 Å². The Bertz CT molecular complexity index is 2560. The van der Waals surface area contributed by atoms with Gasteiger partial charge in [0.15, 0.2) is 0 Å². The normalized spacial score (nSPS) is 18.7. The van der Waals surface area contributed by atoms with Crippen molar-refractivity contribution in [3.8, 4) is 33.4 Å². The van der Waals surface area contributed by atoms with E-state index in [4.69, 9.17) is 0 Å². The minimum Gasteiger partial charge on any atom is -0.310 e. The summed E-state index contributed by atoms with van der Waals surface area (Å²) in [5.74, 6) is 0. The molecule has 6 aromatic rings. The van der Waals surface area contributed by atoms with Crippen molar-refractivity contribution in [1.29, 1.82) is 0 Å². The summed E-state index contributed by atoms with van der Waals surface area (Å²) < 4.78 is 0. The van der Waals surface area contributed by atoms with Gasteiger partial charge in [-0.2, -0.15) is 0 Å². The number of rotatable bonds is 4. The summed E-state index contributed by atoms with van der Waals surface area (Å²) in [4.78, 5) is 2.62. The molecule has 0 heterocycles. The van der Waals surface area contributed by atoms with Gasteiger partial charge in [-0.1, -0.05) is 134 Å². The molecule has 0 radical (unpaired) electrons. The van der Waals surface area contributed by atoms with Crippen molar-refractivity contribution in [3.63, 3.8) is 0 Å². The van der Waals surface area contributed by atoms with Gasteiger partial charge < -0.3 is 4.90 Å². The first-order chi connectivity index (χ1) is 26.3. The number of anilines is 3. The van der Waals surface area contributed by atoms with Crippen molar-refractivity contribution in [1.82, 2.24) is 0 Å². The van der Waals surface area contributed by atoms with Crippen LogP contribution in [0.15, 0.2) is 115 Å². The smallest absolute Gasteiger partial charge is 0.0543 e. The molecule has 10 rings (SSSR count). The Morgan fingerprint density at radius 1 is 0.400 bits per heavy atom. The zero-order chi connectivity index (χ0) is 38.1. The lowest BCUT2D eigenvalue weighted by molar-refractivity contribution is 0.332. The summed E-state index contributed by atoms with van der Waals surface area (Å²) in [6, 6.07) is 45.4. The molecule has 0 amide bonds. The summed E-state index contributed by atoms with van der Waals surface area (Å²) in [5.41, 5.74) is 23.6. The van der Waals surface area contributed by atoms with Crippen molar-refractivity contribution in [3.05, 3.63) is 160 Å². The predicted molar refractivity (Wildman–Crippen MR) is 234 cm³/mol. The fourth-order valence-electron chi connectivity index (χ4n) is 11.0. The van der Waals surface area contributed by atoms with Crippen molar-refractivity contribution in [2.75, 3.05) is 4.90 Å². The quantitative estimate of drug-likeness (QED) is 0.175. The molecule has 0 fully saturated rings. The number of fused-ring (bicyclic) bond motifs is 8. The van der Waals surface area contributed by atoms with Crippen LogP contribution in [0.5, 0.6) is 0 Å². The van der Waals surface area contributed by atoms with Crippen LogP contribution >= 0.6 is 0 Å². The lowest BCUT2D eigenvalue weighted by Crippen LogP contribution is -2.33. The zero-order valence-corrected chi connectivity index (χ0v) is 34.2. The summed E-state index contributed by atoms with van der Waals surface area (Å²) in [7, 11) is 0. The first kappa shape index (κ1) is 34.6. The number of nitrogens with zero attached hydrogens (tertiary/aromatic N) is 1. The lowest BCUT2D eigenvalue weighted by Gasteiger charge is -2.42. The predicted octanol–water partition coefficient (Wildman–Crippen LogP) is 14.7. The van der Waals surface area contributed by atoms with Gasteiger partial charge in [0.1, 0.15) is 0 Å². The fraction of sp³-hybridized carbons (Fsp3) is 0.333. The molecule has 0 aromatic heterocycles. The van der Waals surface area contributed by atoms with Crippen LogP contribution in [0.3, 0.4) is 0 Å². The van der Waals surface area contributed by atoms with E-state index in [1.165, 1.54) is 127 Å². The monoisotopic (exact) mass is 717 g/mol. The summed E-state index contributed by atoms with van der Waals surface area (Å²) in [6.07, 6.45) is 7.29. The molecule has 4 aliphatic rings. The van der Waals surface area contributed by atoms with Gasteiger partial charge in [0.05, 0.1) is 5.69 Å². The first-order valence-corrected chi connectivity index (χ1v) is 20.9. The van der Waals surface area contributed by atoms with E-state index in [1.807, 2.05) is 0 Å². The molecule has 55 heavy (non-hydrogen) atoms. The number of benzene rings is 6. The highest BCUT2D eigenvalue weighted by Gasteiger charge is 2.40. The van der Waals surface area contributed by atoms with Gasteiger partial charge in [-0.3, -0.25) is 0 Å². The molecule has 0 saturated carbocycles. The Labute approximate surface area is 329 Å². The SMILES string of the molecule is CC1(C)CCC(C)(C)c2cc(-c3cc4c(cc3N(c3ccc5c(c3)CCCC5)c3ccc5c(c3)C(C)(C)c3ccccc3-5)C(C)(C)c3ccccc3-4)ccc21. The Balaban J connectivity index is 1.27. The van der Waals surface area contributed by atoms with Crippen LogP contribution in [0.1, 0.15) is 126 Å². The maximum absolute atomic E-state index is 2.62. The third-order valence-electron chi connectivity index (χ3n) is 14.5. The van der Waals surface area contributed by atoms with E-state index in [-0.39, 0.29) is 21.7 Å². The van der Waals surface area contributed by atoms with E-state index in [9.17, 15) is 0 Å². The molecule has 276 valence electrons. The Morgan fingerprint density at radius 2 is 0.964 bits per heavy atom. The number of hydrogen-bond donors (Lipinski definition) is 0. The van der Waals surface area contributed by atoms with Crippen LogP contribution < -0.4 is 4.90 Å². The molecule has 6 aromatic carbocycles. The van der Waals surface area contributed by atoms with E-state index in [2.05, 4.69) is 176 Å². The average molecular weight is 718 g/mol. The third kappa shape index (κ3) is 5.11. The maximum atomic E-state index is 2.62. The van der Waals surface area contributed by atoms with Gasteiger partial charge in [-0.05, 0) is 158 Å². The van der Waals surface area contributed by atoms with E-state index in [0.29, 0.717) is 0 Å². The van der Waals surface area contributed by atoms with E-state index >= 15 is 0 Å². The second-order valence-corrected chi connectivity index (χ2v) is 19.5. The average Bonchev–Trinajstić information content (AvgIpc) is 3.55. The summed E-state index contributed by atoms with van der Waals surface area (Å²) in [5, 5.41) is 0. The fourth-order valence-corrected chi connectivity index (χ4v) is 11.0. The largest absolute Gasteiger partial charge is 0.310 e. The molecule has 0 bridgehead atoms. The molecule has 0 atom stereocenters. The van der Waals surface area contributed by atoms with E-state index in [0.717, 1.165) is 6.42 Å². The second kappa shape index (κ2) is 11.8. The Hall–Kier alpha value is -4.88. The lowest BCUT2D eigenvalue weighted by atomic mass is 9.63. The van der Waals surface area contributed by atoms with Crippen LogP contribution in [0, 0.1) is 0 Å². The third-order valence-corrected chi connectivity index (χ3v) is 14.5. The molecule has 1 nitrogen and oxygen atoms in total. The maximum Gasteiger partial charge on any atom is 0.0543 e. The highest BCUT2D eigenvalue weighted by molar-refractivity contribution is 5.96. The van der Waals surface area contributed by atoms with Gasteiger partial charge in [-0.25, -0.2) is 0 Å². The van der Waals surface area contributed by atoms with Crippen LogP contribution in [0.2, 0.25) is 0 Å². The van der Waals surface area contributed by atoms with Crippen LogP contribution in [0.4, 0.5) is 17.1 Å². The van der Waals surface area contributed by atoms with Gasteiger partial charge in [0.25, 0.3) is 0 Å². The van der Waals surface area contributed by atoms with Crippen LogP contribution in [0.25, 0.3) is 33.4 Å². The van der Waals surface area contributed by atoms with Gasteiger partial charge in [0.2, 0.25) is 0 Å². The van der Waals surface area contributed by atoms with Gasteiger partial charge in [-0.15, -0.1) is 0 Å². The van der Waals surface area contributed by atoms with Crippen LogP contribution in [-0.2, 0) is 34.5 Å². The number of hydrogen-bond acceptors (Lipinski definition) is 1. The Kier molecular flexibility index (Phi) is 7.43. The van der Waals surface area contributed by atoms with Crippen molar-refractivity contribution < 1.29 is 0 Å². The summed E-state index contributed by atoms with van der Waals surface area (Å²) in [6.45, 7) is 19.4. The first-order valence-electron chi connectivity index (χ1n) is 20.9.